The van der Waals surface area contributed by atoms with E-state index >= 15 is 0 Å². The van der Waals surface area contributed by atoms with E-state index in [2.05, 4.69) is 9.88 Å². The first-order valence-corrected chi connectivity index (χ1v) is 12.6. The summed E-state index contributed by atoms with van der Waals surface area (Å²) in [4.78, 5) is 30.7. The number of halogens is 2. The van der Waals surface area contributed by atoms with Gasteiger partial charge in [-0.05, 0) is 60.9 Å². The molecule has 1 aliphatic carbocycles. The van der Waals surface area contributed by atoms with Crippen LogP contribution in [0, 0.1) is 5.82 Å². The molecule has 1 aliphatic heterocycles. The van der Waals surface area contributed by atoms with Crippen LogP contribution in [0.1, 0.15) is 30.1 Å². The first kappa shape index (κ1) is 23.3. The average molecular weight is 515 g/mol. The molecule has 1 unspecified atom stereocenters. The fourth-order valence-electron chi connectivity index (χ4n) is 4.96. The fourth-order valence-corrected chi connectivity index (χ4v) is 5.14. The third-order valence-corrected chi connectivity index (χ3v) is 7.12. The molecule has 8 heteroatoms. The molecular formula is C29H24ClFN4O2. The fraction of sp³-hybridized carbons (Fsp3) is 0.172. The summed E-state index contributed by atoms with van der Waals surface area (Å²) in [5, 5.41) is 2.70. The lowest BCUT2D eigenvalue weighted by atomic mass is 9.97. The van der Waals surface area contributed by atoms with Crippen LogP contribution in [0.3, 0.4) is 0 Å². The van der Waals surface area contributed by atoms with Crippen LogP contribution >= 0.6 is 11.6 Å². The van der Waals surface area contributed by atoms with Crippen molar-refractivity contribution in [3.63, 3.8) is 0 Å². The molecule has 6 rings (SSSR count). The summed E-state index contributed by atoms with van der Waals surface area (Å²) in [7, 11) is 0. The van der Waals surface area contributed by atoms with E-state index in [9.17, 15) is 14.0 Å². The number of hydrogen-bond acceptors (Lipinski definition) is 2. The van der Waals surface area contributed by atoms with Gasteiger partial charge in [-0.2, -0.15) is 0 Å². The molecule has 0 saturated heterocycles. The first-order chi connectivity index (χ1) is 18.0. The summed E-state index contributed by atoms with van der Waals surface area (Å²) in [6, 6.07) is 24.9. The maximum atomic E-state index is 14.1. The monoisotopic (exact) mass is 514 g/mol. The number of hydrogen-bond donors (Lipinski definition) is 1. The molecule has 2 heterocycles. The maximum Gasteiger partial charge on any atom is 0.322 e. The molecule has 1 saturated carbocycles. The molecular weight excluding hydrogens is 491 g/mol. The van der Waals surface area contributed by atoms with Gasteiger partial charge in [0.2, 0.25) is 5.91 Å². The zero-order valence-corrected chi connectivity index (χ0v) is 20.6. The van der Waals surface area contributed by atoms with Gasteiger partial charge in [-0.25, -0.2) is 9.18 Å². The van der Waals surface area contributed by atoms with Crippen LogP contribution in [-0.4, -0.2) is 34.0 Å². The Labute approximate surface area is 218 Å². The Bertz CT molecular complexity index is 1480. The van der Waals surface area contributed by atoms with Crippen molar-refractivity contribution in [3.8, 4) is 5.69 Å². The number of anilines is 2. The summed E-state index contributed by atoms with van der Waals surface area (Å²) < 4.78 is 15.7. The number of fused-ring (bicyclic) bond motifs is 3. The van der Waals surface area contributed by atoms with Gasteiger partial charge in [0, 0.05) is 17.9 Å². The predicted octanol–water partition coefficient (Wildman–Crippen LogP) is 6.40. The molecule has 4 aromatic rings. The van der Waals surface area contributed by atoms with E-state index in [4.69, 9.17) is 11.6 Å². The van der Waals surface area contributed by atoms with E-state index in [-0.39, 0.29) is 29.6 Å². The highest BCUT2D eigenvalue weighted by molar-refractivity contribution is 6.31. The van der Waals surface area contributed by atoms with Crippen LogP contribution in [0.25, 0.3) is 5.69 Å². The first-order valence-electron chi connectivity index (χ1n) is 12.2. The second-order valence-electron chi connectivity index (χ2n) is 9.29. The maximum absolute atomic E-state index is 14.1. The number of amides is 3. The van der Waals surface area contributed by atoms with Gasteiger partial charge in [0.25, 0.3) is 0 Å². The lowest BCUT2D eigenvalue weighted by Gasteiger charge is -2.39. The zero-order chi connectivity index (χ0) is 25.5. The zero-order valence-electron chi connectivity index (χ0n) is 19.9. The molecule has 186 valence electrons. The Hall–Kier alpha value is -4.10. The minimum atomic E-state index is -0.561. The Balaban J connectivity index is 1.34. The van der Waals surface area contributed by atoms with Crippen LogP contribution in [0.4, 0.5) is 20.6 Å². The van der Waals surface area contributed by atoms with E-state index < -0.39 is 11.8 Å². The summed E-state index contributed by atoms with van der Waals surface area (Å²) in [6.45, 7) is -0.0934. The van der Waals surface area contributed by atoms with Gasteiger partial charge in [-0.15, -0.1) is 0 Å². The topological polar surface area (TPSA) is 57.6 Å². The van der Waals surface area contributed by atoms with Gasteiger partial charge in [0.1, 0.15) is 18.4 Å². The minimum Gasteiger partial charge on any atom is -0.316 e. The van der Waals surface area contributed by atoms with Crippen molar-refractivity contribution in [1.82, 2.24) is 9.47 Å². The molecule has 1 fully saturated rings. The van der Waals surface area contributed by atoms with Crippen molar-refractivity contribution < 1.29 is 14.0 Å². The number of nitrogens with zero attached hydrogens (tertiary/aromatic N) is 3. The van der Waals surface area contributed by atoms with Gasteiger partial charge in [0.15, 0.2) is 0 Å². The van der Waals surface area contributed by atoms with E-state index in [1.54, 1.807) is 9.80 Å². The molecule has 37 heavy (non-hydrogen) atoms. The van der Waals surface area contributed by atoms with E-state index in [0.717, 1.165) is 35.5 Å². The van der Waals surface area contributed by atoms with E-state index in [1.165, 1.54) is 18.2 Å². The molecule has 0 radical (unpaired) electrons. The van der Waals surface area contributed by atoms with Crippen molar-refractivity contribution in [1.29, 1.82) is 0 Å². The molecule has 3 aromatic carbocycles. The molecule has 1 aromatic heterocycles. The smallest absolute Gasteiger partial charge is 0.316 e. The van der Waals surface area contributed by atoms with Crippen LogP contribution in [0.2, 0.25) is 5.02 Å². The van der Waals surface area contributed by atoms with Crippen LogP contribution in [0.5, 0.6) is 0 Å². The number of carbonyl (C=O) groups excluding carboxylic acids is 2. The lowest BCUT2D eigenvalue weighted by molar-refractivity contribution is -0.119. The highest BCUT2D eigenvalue weighted by Gasteiger charge is 2.40. The van der Waals surface area contributed by atoms with Gasteiger partial charge in [0.05, 0.1) is 22.1 Å². The number of urea groups is 1. The second-order valence-corrected chi connectivity index (χ2v) is 9.69. The molecule has 1 N–H and O–H groups in total. The Morgan fingerprint density at radius 2 is 1.68 bits per heavy atom. The highest BCUT2D eigenvalue weighted by Crippen LogP contribution is 2.42. The number of nitrogens with one attached hydrogen (secondary N) is 1. The van der Waals surface area contributed by atoms with E-state index in [0.29, 0.717) is 5.69 Å². The number of benzene rings is 3. The van der Waals surface area contributed by atoms with Gasteiger partial charge < -0.3 is 14.8 Å². The Morgan fingerprint density at radius 1 is 0.946 bits per heavy atom. The van der Waals surface area contributed by atoms with Crippen molar-refractivity contribution in [2.75, 3.05) is 16.8 Å². The van der Waals surface area contributed by atoms with Crippen LogP contribution < -0.4 is 10.2 Å². The molecule has 0 spiro atoms. The Morgan fingerprint density at radius 3 is 2.41 bits per heavy atom. The van der Waals surface area contributed by atoms with Gasteiger partial charge in [-0.3, -0.25) is 9.69 Å². The van der Waals surface area contributed by atoms with Crippen LogP contribution in [-0.2, 0) is 4.79 Å². The number of aromatic nitrogens is 1. The molecule has 1 atom stereocenters. The number of rotatable bonds is 5. The van der Waals surface area contributed by atoms with Crippen LogP contribution in [0.15, 0.2) is 91.1 Å². The van der Waals surface area contributed by atoms with Crippen molar-refractivity contribution in [2.45, 2.75) is 24.9 Å². The molecule has 6 nitrogen and oxygen atoms in total. The predicted molar refractivity (Wildman–Crippen MR) is 142 cm³/mol. The standard InChI is InChI=1S/C29H24ClFN4O2/c30-22-17-20(12-15-23(22)31)32-29(37)34(21-13-14-21)18-27(36)35-25-10-5-4-9-24(25)33-16-6-11-26(33)28(35)19-7-2-1-3-8-19/h1-12,15-17,21,28H,13-14,18H2,(H,32,37). The largest absolute Gasteiger partial charge is 0.322 e. The van der Waals surface area contributed by atoms with E-state index in [1.807, 2.05) is 72.9 Å². The third-order valence-electron chi connectivity index (χ3n) is 6.83. The molecule has 3 amide bonds. The minimum absolute atomic E-state index is 0.0288. The number of para-hydroxylation sites is 2. The Kier molecular flexibility index (Phi) is 5.93. The molecule has 0 bridgehead atoms. The SMILES string of the molecule is O=C(Nc1ccc(F)c(Cl)c1)N(CC(=O)N1c2ccccc2-n2cccc2C1c1ccccc1)C1CC1. The van der Waals surface area contributed by atoms with Gasteiger partial charge >= 0.3 is 6.03 Å². The molecule has 2 aliphatic rings. The second kappa shape index (κ2) is 9.41. The summed E-state index contributed by atoms with van der Waals surface area (Å²) >= 11 is 5.89. The normalized spacial score (nSPS) is 16.1. The quantitative estimate of drug-likeness (QED) is 0.335. The van der Waals surface area contributed by atoms with Gasteiger partial charge in [-0.1, -0.05) is 54.1 Å². The lowest BCUT2D eigenvalue weighted by Crippen LogP contribution is -2.48. The number of carbonyl (C=O) groups is 2. The van der Waals surface area contributed by atoms with Crippen molar-refractivity contribution >= 4 is 34.9 Å². The van der Waals surface area contributed by atoms with Crippen molar-refractivity contribution in [2.24, 2.45) is 0 Å². The third kappa shape index (κ3) is 4.36. The van der Waals surface area contributed by atoms with Crippen molar-refractivity contribution in [3.05, 3.63) is 113 Å². The average Bonchev–Trinajstić information content (AvgIpc) is 3.64. The summed E-state index contributed by atoms with van der Waals surface area (Å²) in [5.41, 5.74) is 4.02. The highest BCUT2D eigenvalue weighted by atomic mass is 35.5. The summed E-state index contributed by atoms with van der Waals surface area (Å²) in [6.07, 6.45) is 3.66. The summed E-state index contributed by atoms with van der Waals surface area (Å²) in [5.74, 6) is -0.748.